The zero-order valence-corrected chi connectivity index (χ0v) is 14.2. The standard InChI is InChI=1S/C20H25N3O/c1-15(20-17-7-3-2-6-16(17)9-13-24-20)18-14-23(12-11-21-18)19-8-4-5-10-22-19/h2-8,10,15,18,20-21H,9,11-14H2,1H3. The third-order valence-electron chi connectivity index (χ3n) is 5.32. The molecule has 1 aromatic heterocycles. The summed E-state index contributed by atoms with van der Waals surface area (Å²) >= 11 is 0. The van der Waals surface area contributed by atoms with Gasteiger partial charge in [0.2, 0.25) is 0 Å². The molecule has 4 heteroatoms. The first-order valence-corrected chi connectivity index (χ1v) is 8.91. The molecule has 1 N–H and O–H groups in total. The highest BCUT2D eigenvalue weighted by molar-refractivity contribution is 5.39. The second kappa shape index (κ2) is 6.91. The van der Waals surface area contributed by atoms with E-state index in [4.69, 9.17) is 4.74 Å². The molecule has 24 heavy (non-hydrogen) atoms. The molecule has 1 fully saturated rings. The molecule has 2 aliphatic heterocycles. The van der Waals surface area contributed by atoms with Crippen molar-refractivity contribution in [2.75, 3.05) is 31.1 Å². The number of aromatic nitrogens is 1. The van der Waals surface area contributed by atoms with Gasteiger partial charge in [0.25, 0.3) is 0 Å². The topological polar surface area (TPSA) is 37.4 Å². The van der Waals surface area contributed by atoms with Crippen molar-refractivity contribution in [3.63, 3.8) is 0 Å². The largest absolute Gasteiger partial charge is 0.373 e. The van der Waals surface area contributed by atoms with Gasteiger partial charge in [-0.25, -0.2) is 4.98 Å². The van der Waals surface area contributed by atoms with Crippen LogP contribution in [-0.2, 0) is 11.2 Å². The van der Waals surface area contributed by atoms with Gasteiger partial charge in [-0.3, -0.25) is 0 Å². The normalized spacial score (nSPS) is 25.1. The Morgan fingerprint density at radius 3 is 2.96 bits per heavy atom. The number of rotatable bonds is 3. The zero-order chi connectivity index (χ0) is 16.4. The van der Waals surface area contributed by atoms with Crippen molar-refractivity contribution >= 4 is 5.82 Å². The molecule has 0 aliphatic carbocycles. The molecule has 3 heterocycles. The number of hydrogen-bond donors (Lipinski definition) is 1. The van der Waals surface area contributed by atoms with Crippen LogP contribution in [0, 0.1) is 5.92 Å². The summed E-state index contributed by atoms with van der Waals surface area (Å²) in [5, 5.41) is 3.70. The molecule has 3 unspecified atom stereocenters. The molecular weight excluding hydrogens is 298 g/mol. The fourth-order valence-electron chi connectivity index (χ4n) is 3.95. The molecule has 0 amide bonds. The van der Waals surface area contributed by atoms with Gasteiger partial charge in [0, 0.05) is 37.8 Å². The highest BCUT2D eigenvalue weighted by Gasteiger charge is 2.33. The van der Waals surface area contributed by atoms with Crippen LogP contribution in [0.3, 0.4) is 0 Å². The number of nitrogens with one attached hydrogen (secondary N) is 1. The number of anilines is 1. The molecule has 1 saturated heterocycles. The predicted octanol–water partition coefficient (Wildman–Crippen LogP) is 2.81. The van der Waals surface area contributed by atoms with Gasteiger partial charge in [-0.05, 0) is 29.7 Å². The quantitative estimate of drug-likeness (QED) is 0.942. The van der Waals surface area contributed by atoms with Crippen LogP contribution in [-0.4, -0.2) is 37.3 Å². The van der Waals surface area contributed by atoms with E-state index >= 15 is 0 Å². The fraction of sp³-hybridized carbons (Fsp3) is 0.450. The van der Waals surface area contributed by atoms with Gasteiger partial charge in [-0.15, -0.1) is 0 Å². The molecule has 4 nitrogen and oxygen atoms in total. The third kappa shape index (κ3) is 3.04. The Morgan fingerprint density at radius 2 is 2.08 bits per heavy atom. The summed E-state index contributed by atoms with van der Waals surface area (Å²) in [5.74, 6) is 1.49. The number of pyridine rings is 1. The van der Waals surface area contributed by atoms with Crippen molar-refractivity contribution in [2.24, 2.45) is 5.92 Å². The summed E-state index contributed by atoms with van der Waals surface area (Å²) < 4.78 is 6.19. The third-order valence-corrected chi connectivity index (χ3v) is 5.32. The summed E-state index contributed by atoms with van der Waals surface area (Å²) in [6, 6.07) is 15.3. The van der Waals surface area contributed by atoms with Crippen molar-refractivity contribution in [2.45, 2.75) is 25.5 Å². The summed E-state index contributed by atoms with van der Waals surface area (Å²) in [7, 11) is 0. The SMILES string of the molecule is CC(C1CN(c2ccccn2)CCN1)C1OCCc2ccccc21. The highest BCUT2D eigenvalue weighted by atomic mass is 16.5. The first kappa shape index (κ1) is 15.6. The number of nitrogens with zero attached hydrogens (tertiary/aromatic N) is 2. The lowest BCUT2D eigenvalue weighted by atomic mass is 9.85. The van der Waals surface area contributed by atoms with E-state index in [1.807, 2.05) is 12.3 Å². The summed E-state index contributed by atoms with van der Waals surface area (Å²) in [5.41, 5.74) is 2.81. The second-order valence-corrected chi connectivity index (χ2v) is 6.79. The Hall–Kier alpha value is -1.91. The minimum atomic E-state index is 0.177. The van der Waals surface area contributed by atoms with Crippen LogP contribution in [0.2, 0.25) is 0 Å². The average molecular weight is 323 g/mol. The van der Waals surface area contributed by atoms with Gasteiger partial charge >= 0.3 is 0 Å². The van der Waals surface area contributed by atoms with Crippen LogP contribution < -0.4 is 10.2 Å². The molecular formula is C20H25N3O. The van der Waals surface area contributed by atoms with Crippen molar-refractivity contribution in [1.29, 1.82) is 0 Å². The molecule has 3 atom stereocenters. The fourth-order valence-corrected chi connectivity index (χ4v) is 3.95. The van der Waals surface area contributed by atoms with Gasteiger partial charge in [0.15, 0.2) is 0 Å². The summed E-state index contributed by atoms with van der Waals surface area (Å²) in [6.07, 6.45) is 3.07. The molecule has 0 radical (unpaired) electrons. The van der Waals surface area contributed by atoms with Crippen molar-refractivity contribution in [3.8, 4) is 0 Å². The number of piperazine rings is 1. The van der Waals surface area contributed by atoms with Crippen LogP contribution >= 0.6 is 0 Å². The Bertz CT molecular complexity index is 676. The van der Waals surface area contributed by atoms with Crippen molar-refractivity contribution in [3.05, 3.63) is 59.8 Å². The van der Waals surface area contributed by atoms with Crippen LogP contribution in [0.5, 0.6) is 0 Å². The number of benzene rings is 1. The van der Waals surface area contributed by atoms with E-state index in [1.165, 1.54) is 11.1 Å². The first-order chi connectivity index (χ1) is 11.8. The van der Waals surface area contributed by atoms with Crippen LogP contribution in [0.15, 0.2) is 48.7 Å². The predicted molar refractivity (Wildman–Crippen MR) is 96.2 cm³/mol. The summed E-state index contributed by atoms with van der Waals surface area (Å²) in [4.78, 5) is 6.89. The lowest BCUT2D eigenvalue weighted by Crippen LogP contribution is -2.55. The van der Waals surface area contributed by atoms with E-state index in [9.17, 15) is 0 Å². The van der Waals surface area contributed by atoms with E-state index < -0.39 is 0 Å². The zero-order valence-electron chi connectivity index (χ0n) is 14.2. The number of fused-ring (bicyclic) bond motifs is 1. The molecule has 2 aliphatic rings. The first-order valence-electron chi connectivity index (χ1n) is 8.91. The molecule has 1 aromatic carbocycles. The van der Waals surface area contributed by atoms with Gasteiger partial charge in [-0.1, -0.05) is 37.3 Å². The van der Waals surface area contributed by atoms with Crippen LogP contribution in [0.25, 0.3) is 0 Å². The maximum Gasteiger partial charge on any atom is 0.128 e. The van der Waals surface area contributed by atoms with Crippen LogP contribution in [0.1, 0.15) is 24.2 Å². The maximum atomic E-state index is 6.19. The van der Waals surface area contributed by atoms with E-state index in [0.717, 1.165) is 38.5 Å². The van der Waals surface area contributed by atoms with Crippen molar-refractivity contribution in [1.82, 2.24) is 10.3 Å². The highest BCUT2D eigenvalue weighted by Crippen LogP contribution is 2.35. The van der Waals surface area contributed by atoms with Gasteiger partial charge in [0.05, 0.1) is 12.7 Å². The average Bonchev–Trinajstić information content (AvgIpc) is 2.68. The smallest absolute Gasteiger partial charge is 0.128 e. The molecule has 0 bridgehead atoms. The minimum absolute atomic E-state index is 0.177. The van der Waals surface area contributed by atoms with Crippen molar-refractivity contribution < 1.29 is 4.74 Å². The number of hydrogen-bond acceptors (Lipinski definition) is 4. The molecule has 4 rings (SSSR count). The Labute approximate surface area is 143 Å². The Balaban J connectivity index is 1.51. The minimum Gasteiger partial charge on any atom is -0.373 e. The maximum absolute atomic E-state index is 6.19. The second-order valence-electron chi connectivity index (χ2n) is 6.79. The van der Waals surface area contributed by atoms with Crippen LogP contribution in [0.4, 0.5) is 5.82 Å². The van der Waals surface area contributed by atoms with E-state index in [0.29, 0.717) is 12.0 Å². The van der Waals surface area contributed by atoms with E-state index in [2.05, 4.69) is 58.5 Å². The van der Waals surface area contributed by atoms with Gasteiger partial charge < -0.3 is 15.0 Å². The molecule has 0 spiro atoms. The summed E-state index contributed by atoms with van der Waals surface area (Å²) in [6.45, 7) is 6.09. The monoisotopic (exact) mass is 323 g/mol. The molecule has 126 valence electrons. The lowest BCUT2D eigenvalue weighted by molar-refractivity contribution is -0.00541. The van der Waals surface area contributed by atoms with Gasteiger partial charge in [0.1, 0.15) is 5.82 Å². The van der Waals surface area contributed by atoms with E-state index in [-0.39, 0.29) is 6.10 Å². The molecule has 0 saturated carbocycles. The Morgan fingerprint density at radius 1 is 1.21 bits per heavy atom. The Kier molecular flexibility index (Phi) is 4.50. The van der Waals surface area contributed by atoms with Gasteiger partial charge in [-0.2, -0.15) is 0 Å². The number of ether oxygens (including phenoxy) is 1. The lowest BCUT2D eigenvalue weighted by Gasteiger charge is -2.41. The van der Waals surface area contributed by atoms with E-state index in [1.54, 1.807) is 0 Å². The molecule has 2 aromatic rings.